The molecule has 0 heterocycles. The van der Waals surface area contributed by atoms with Crippen LogP contribution in [0, 0.1) is 0 Å². The van der Waals surface area contributed by atoms with Gasteiger partial charge in [-0.2, -0.15) is 0 Å². The van der Waals surface area contributed by atoms with E-state index in [1.165, 1.54) is 26.5 Å². The molecule has 0 amide bonds. The van der Waals surface area contributed by atoms with E-state index in [0.29, 0.717) is 11.3 Å². The van der Waals surface area contributed by atoms with Crippen molar-refractivity contribution in [2.75, 3.05) is 21.3 Å². The third-order valence-corrected chi connectivity index (χ3v) is 3.32. The minimum absolute atomic E-state index is 0.115. The maximum absolute atomic E-state index is 12.1. The van der Waals surface area contributed by atoms with E-state index in [0.717, 1.165) is 5.75 Å². The van der Waals surface area contributed by atoms with Crippen LogP contribution in [0.2, 0.25) is 0 Å². The van der Waals surface area contributed by atoms with Crippen LogP contribution in [0.1, 0.15) is 26.3 Å². The van der Waals surface area contributed by atoms with Crippen molar-refractivity contribution in [3.63, 3.8) is 0 Å². The molecule has 0 atom stereocenters. The minimum Gasteiger partial charge on any atom is -0.497 e. The summed E-state index contributed by atoms with van der Waals surface area (Å²) in [6.07, 6.45) is 1.50. The number of rotatable bonds is 5. The molecule has 0 saturated heterocycles. The second-order valence-corrected chi connectivity index (χ2v) is 4.71. The molecule has 2 aromatic rings. The molecule has 0 saturated carbocycles. The smallest absolute Gasteiger partial charge is 0.339 e. The summed E-state index contributed by atoms with van der Waals surface area (Å²) in [6, 6.07) is 11.9. The van der Waals surface area contributed by atoms with Crippen LogP contribution in [-0.4, -0.2) is 39.5 Å². The second kappa shape index (κ2) is 7.92. The predicted molar refractivity (Wildman–Crippen MR) is 89.4 cm³/mol. The van der Waals surface area contributed by atoms with E-state index in [1.54, 1.807) is 43.5 Å². The number of esters is 2. The zero-order chi connectivity index (χ0) is 17.5. The molecular formula is C18H17NO5. The Morgan fingerprint density at radius 1 is 0.917 bits per heavy atom. The fourth-order valence-electron chi connectivity index (χ4n) is 2.10. The molecular weight excluding hydrogens is 310 g/mol. The van der Waals surface area contributed by atoms with Crippen molar-refractivity contribution in [1.29, 1.82) is 0 Å². The molecule has 6 nitrogen and oxygen atoms in total. The minimum atomic E-state index is -0.632. The average Bonchev–Trinajstić information content (AvgIpc) is 2.65. The monoisotopic (exact) mass is 327 g/mol. The number of methoxy groups -OCH3 is 3. The van der Waals surface area contributed by atoms with Gasteiger partial charge in [0.15, 0.2) is 0 Å². The third kappa shape index (κ3) is 3.78. The predicted octanol–water partition coefficient (Wildman–Crippen LogP) is 3.02. The summed E-state index contributed by atoms with van der Waals surface area (Å²) >= 11 is 0. The Hall–Kier alpha value is -3.15. The van der Waals surface area contributed by atoms with Crippen LogP contribution in [0.15, 0.2) is 47.5 Å². The van der Waals surface area contributed by atoms with Gasteiger partial charge < -0.3 is 14.2 Å². The Morgan fingerprint density at radius 3 is 2.17 bits per heavy atom. The second-order valence-electron chi connectivity index (χ2n) is 4.71. The first-order valence-electron chi connectivity index (χ1n) is 7.08. The fraction of sp³-hybridized carbons (Fsp3) is 0.167. The number of benzene rings is 2. The van der Waals surface area contributed by atoms with Crippen LogP contribution in [0.25, 0.3) is 0 Å². The summed E-state index contributed by atoms with van der Waals surface area (Å²) in [6.45, 7) is 0. The highest BCUT2D eigenvalue weighted by molar-refractivity contribution is 6.08. The van der Waals surface area contributed by atoms with E-state index in [4.69, 9.17) is 14.2 Å². The van der Waals surface area contributed by atoms with Crippen molar-refractivity contribution in [3.05, 3.63) is 59.2 Å². The van der Waals surface area contributed by atoms with Gasteiger partial charge in [0.25, 0.3) is 0 Å². The number of carbonyl (C=O) groups excluding carboxylic acids is 2. The number of hydrogen-bond donors (Lipinski definition) is 0. The largest absolute Gasteiger partial charge is 0.497 e. The Morgan fingerprint density at radius 2 is 1.58 bits per heavy atom. The van der Waals surface area contributed by atoms with E-state index in [1.807, 2.05) is 0 Å². The van der Waals surface area contributed by atoms with Gasteiger partial charge in [0, 0.05) is 11.8 Å². The Kier molecular flexibility index (Phi) is 5.68. The van der Waals surface area contributed by atoms with Crippen molar-refractivity contribution < 1.29 is 23.8 Å². The molecule has 0 N–H and O–H groups in total. The summed E-state index contributed by atoms with van der Waals surface area (Å²) < 4.78 is 14.6. The molecule has 0 spiro atoms. The molecule has 24 heavy (non-hydrogen) atoms. The summed E-state index contributed by atoms with van der Waals surface area (Å²) in [5, 5.41) is 0. The van der Waals surface area contributed by atoms with E-state index in [2.05, 4.69) is 4.99 Å². The van der Waals surface area contributed by atoms with E-state index < -0.39 is 11.9 Å². The molecule has 124 valence electrons. The van der Waals surface area contributed by atoms with Gasteiger partial charge in [-0.25, -0.2) is 9.59 Å². The van der Waals surface area contributed by atoms with Crippen LogP contribution in [0.5, 0.6) is 5.75 Å². The van der Waals surface area contributed by atoms with Gasteiger partial charge >= 0.3 is 11.9 Å². The summed E-state index contributed by atoms with van der Waals surface area (Å²) in [5.74, 6) is -0.529. The zero-order valence-corrected chi connectivity index (χ0v) is 13.6. The lowest BCUT2D eigenvalue weighted by atomic mass is 10.0. The van der Waals surface area contributed by atoms with Crippen LogP contribution in [0.4, 0.5) is 5.69 Å². The Labute approximate surface area is 139 Å². The first-order valence-corrected chi connectivity index (χ1v) is 7.08. The summed E-state index contributed by atoms with van der Waals surface area (Å²) in [5.41, 5.74) is 1.38. The highest BCUT2D eigenvalue weighted by atomic mass is 16.5. The standard InChI is InChI=1S/C18H17NO5/c1-22-14-9-7-13(8-10-14)19-11-12-5-4-6-15(17(20)23-2)16(12)18(21)24-3/h4-11H,1-3H3/b19-11-. The molecule has 2 rings (SSSR count). The van der Waals surface area contributed by atoms with Gasteiger partial charge in [-0.3, -0.25) is 4.99 Å². The Balaban J connectivity index is 2.43. The molecule has 0 fully saturated rings. The first kappa shape index (κ1) is 17.2. The molecule has 0 radical (unpaired) electrons. The van der Waals surface area contributed by atoms with Gasteiger partial charge in [-0.15, -0.1) is 0 Å². The lowest BCUT2D eigenvalue weighted by Gasteiger charge is -2.09. The lowest BCUT2D eigenvalue weighted by molar-refractivity contribution is 0.0555. The lowest BCUT2D eigenvalue weighted by Crippen LogP contribution is -2.14. The highest BCUT2D eigenvalue weighted by Gasteiger charge is 2.21. The SMILES string of the molecule is COC(=O)c1cccc(/C=N\c2ccc(OC)cc2)c1C(=O)OC. The van der Waals surface area contributed by atoms with Crippen molar-refractivity contribution in [3.8, 4) is 5.75 Å². The highest BCUT2D eigenvalue weighted by Crippen LogP contribution is 2.20. The number of aliphatic imine (C=N–C) groups is 1. The summed E-state index contributed by atoms with van der Waals surface area (Å²) in [4.78, 5) is 28.2. The van der Waals surface area contributed by atoms with Crippen LogP contribution >= 0.6 is 0 Å². The van der Waals surface area contributed by atoms with Gasteiger partial charge in [-0.1, -0.05) is 12.1 Å². The number of carbonyl (C=O) groups is 2. The van der Waals surface area contributed by atoms with Crippen molar-refractivity contribution in [2.24, 2.45) is 4.99 Å². The van der Waals surface area contributed by atoms with Crippen LogP contribution < -0.4 is 4.74 Å². The van der Waals surface area contributed by atoms with E-state index in [9.17, 15) is 9.59 Å². The maximum Gasteiger partial charge on any atom is 0.339 e. The zero-order valence-electron chi connectivity index (χ0n) is 13.6. The van der Waals surface area contributed by atoms with Crippen molar-refractivity contribution in [1.82, 2.24) is 0 Å². The van der Waals surface area contributed by atoms with Gasteiger partial charge in [0.05, 0.1) is 38.1 Å². The molecule has 6 heteroatoms. The maximum atomic E-state index is 12.1. The number of hydrogen-bond acceptors (Lipinski definition) is 6. The van der Waals surface area contributed by atoms with Gasteiger partial charge in [0.2, 0.25) is 0 Å². The molecule has 0 aromatic heterocycles. The molecule has 0 aliphatic rings. The topological polar surface area (TPSA) is 74.2 Å². The average molecular weight is 327 g/mol. The number of nitrogens with zero attached hydrogens (tertiary/aromatic N) is 1. The number of ether oxygens (including phenoxy) is 3. The molecule has 0 aliphatic heterocycles. The normalized spacial score (nSPS) is 10.5. The summed E-state index contributed by atoms with van der Waals surface area (Å²) in [7, 11) is 4.08. The molecule has 2 aromatic carbocycles. The fourth-order valence-corrected chi connectivity index (χ4v) is 2.10. The molecule has 0 bridgehead atoms. The molecule has 0 unspecified atom stereocenters. The Bertz CT molecular complexity index is 765. The van der Waals surface area contributed by atoms with Gasteiger partial charge in [0.1, 0.15) is 5.75 Å². The van der Waals surface area contributed by atoms with E-state index >= 15 is 0 Å². The van der Waals surface area contributed by atoms with Crippen LogP contribution in [0.3, 0.4) is 0 Å². The first-order chi connectivity index (χ1) is 11.6. The van der Waals surface area contributed by atoms with Gasteiger partial charge in [-0.05, 0) is 30.3 Å². The van der Waals surface area contributed by atoms with E-state index in [-0.39, 0.29) is 11.1 Å². The van der Waals surface area contributed by atoms with Crippen LogP contribution in [-0.2, 0) is 9.47 Å². The quantitative estimate of drug-likeness (QED) is 0.623. The molecule has 0 aliphatic carbocycles. The third-order valence-electron chi connectivity index (χ3n) is 3.32. The van der Waals surface area contributed by atoms with Crippen molar-refractivity contribution in [2.45, 2.75) is 0 Å². The van der Waals surface area contributed by atoms with Crippen molar-refractivity contribution >= 4 is 23.8 Å².